The number of nitrogens with two attached hydrogens (primary N) is 2. The molecule has 0 bridgehead atoms. The summed E-state index contributed by atoms with van der Waals surface area (Å²) in [5, 5.41) is 0.218. The van der Waals surface area contributed by atoms with Crippen molar-refractivity contribution in [3.8, 4) is 0 Å². The monoisotopic (exact) mass is 536 g/mol. The molecule has 0 radical (unpaired) electrons. The molecular weight excluding hydrogens is 512 g/mol. The van der Waals surface area contributed by atoms with Crippen molar-refractivity contribution in [2.45, 2.75) is 32.0 Å². The van der Waals surface area contributed by atoms with Crippen molar-refractivity contribution in [2.75, 3.05) is 28.6 Å². The van der Waals surface area contributed by atoms with Gasteiger partial charge in [-0.2, -0.15) is 13.2 Å². The van der Waals surface area contributed by atoms with Crippen LogP contribution in [-0.2, 0) is 4.79 Å². The highest BCUT2D eigenvalue weighted by Crippen LogP contribution is 2.37. The first-order chi connectivity index (χ1) is 17.5. The molecule has 0 spiro atoms. The zero-order chi connectivity index (χ0) is 26.9. The van der Waals surface area contributed by atoms with Crippen LogP contribution in [-0.4, -0.2) is 47.0 Å². The summed E-state index contributed by atoms with van der Waals surface area (Å²) in [4.78, 5) is 37.0. The Bertz CT molecular complexity index is 1270. The van der Waals surface area contributed by atoms with Crippen LogP contribution < -0.4 is 21.3 Å². The molecule has 1 atom stereocenters. The van der Waals surface area contributed by atoms with E-state index < -0.39 is 35.6 Å². The number of thiazole rings is 1. The van der Waals surface area contributed by atoms with E-state index in [4.69, 9.17) is 11.5 Å². The molecule has 0 unspecified atom stereocenters. The smallest absolute Gasteiger partial charge is 0.382 e. The zero-order valence-corrected chi connectivity index (χ0v) is 20.5. The predicted molar refractivity (Wildman–Crippen MR) is 132 cm³/mol. The third-order valence-corrected chi connectivity index (χ3v) is 7.32. The van der Waals surface area contributed by atoms with Gasteiger partial charge in [0, 0.05) is 30.5 Å². The number of amides is 1. The summed E-state index contributed by atoms with van der Waals surface area (Å²) in [5.74, 6) is -2.49. The van der Waals surface area contributed by atoms with E-state index in [9.17, 15) is 27.2 Å². The number of anilines is 4. The molecule has 1 saturated heterocycles. The van der Waals surface area contributed by atoms with Crippen molar-refractivity contribution in [3.05, 3.63) is 58.9 Å². The first kappa shape index (κ1) is 26.3. The molecule has 8 nitrogen and oxygen atoms in total. The fraction of sp³-hybridized carbons (Fsp3) is 0.333. The number of aromatic nitrogens is 2. The summed E-state index contributed by atoms with van der Waals surface area (Å²) < 4.78 is 52.2. The molecule has 37 heavy (non-hydrogen) atoms. The van der Waals surface area contributed by atoms with Gasteiger partial charge < -0.3 is 21.3 Å². The van der Waals surface area contributed by atoms with E-state index in [2.05, 4.69) is 9.97 Å². The van der Waals surface area contributed by atoms with Crippen molar-refractivity contribution >= 4 is 45.5 Å². The van der Waals surface area contributed by atoms with Crippen LogP contribution in [0.4, 0.5) is 40.0 Å². The van der Waals surface area contributed by atoms with Gasteiger partial charge in [0.25, 0.3) is 0 Å². The van der Waals surface area contributed by atoms with Crippen LogP contribution in [0.5, 0.6) is 0 Å². The summed E-state index contributed by atoms with van der Waals surface area (Å²) in [6.45, 7) is 1.98. The minimum atomic E-state index is -4.20. The number of primary amides is 1. The second-order valence-corrected chi connectivity index (χ2v) is 9.65. The Labute approximate surface area is 213 Å². The number of nitrogens with zero attached hydrogens (tertiary/aromatic N) is 4. The van der Waals surface area contributed by atoms with E-state index in [0.29, 0.717) is 11.5 Å². The average molecular weight is 537 g/mol. The molecule has 1 aliphatic heterocycles. The first-order valence-corrected chi connectivity index (χ1v) is 12.2. The van der Waals surface area contributed by atoms with Gasteiger partial charge in [-0.1, -0.05) is 11.3 Å². The number of rotatable bonds is 7. The molecule has 0 saturated carbocycles. The Morgan fingerprint density at radius 3 is 2.32 bits per heavy atom. The van der Waals surface area contributed by atoms with Crippen molar-refractivity contribution in [3.63, 3.8) is 0 Å². The fourth-order valence-corrected chi connectivity index (χ4v) is 5.14. The maximum Gasteiger partial charge on any atom is 0.391 e. The van der Waals surface area contributed by atoms with Gasteiger partial charge in [0.05, 0.1) is 5.92 Å². The van der Waals surface area contributed by atoms with E-state index in [1.807, 2.05) is 0 Å². The molecule has 2 aromatic heterocycles. The summed E-state index contributed by atoms with van der Waals surface area (Å²) in [6.07, 6.45) is -2.89. The molecule has 4 rings (SSSR count). The van der Waals surface area contributed by atoms with Crippen LogP contribution in [0.3, 0.4) is 0 Å². The predicted octanol–water partition coefficient (Wildman–Crippen LogP) is 4.28. The van der Waals surface area contributed by atoms with E-state index in [1.54, 1.807) is 17.9 Å². The number of pyridine rings is 1. The highest BCUT2D eigenvalue weighted by Gasteiger charge is 2.41. The van der Waals surface area contributed by atoms with Crippen molar-refractivity contribution < 1.29 is 27.2 Å². The van der Waals surface area contributed by atoms with E-state index >= 15 is 0 Å². The summed E-state index contributed by atoms with van der Waals surface area (Å²) >= 11 is 0.944. The number of nitrogen functional groups attached to an aromatic ring is 1. The van der Waals surface area contributed by atoms with Gasteiger partial charge in [-0.15, -0.1) is 0 Å². The molecule has 1 fully saturated rings. The number of benzene rings is 1. The van der Waals surface area contributed by atoms with Gasteiger partial charge in [0.2, 0.25) is 11.7 Å². The quantitative estimate of drug-likeness (QED) is 0.342. The molecule has 3 aromatic rings. The standard InChI is InChI=1S/C24H24F4N6O2S/c1-13(22(30)36)34(17-5-3-16(25)4-6-17)23-32-21(29)20(37-23)19(35)14-2-7-18(31-12-14)33-10-8-15(9-11-33)24(26,27)28/h2-7,12-13,15H,8-11,29H2,1H3,(H2,30,36)/t13-/m1/s1. The lowest BCUT2D eigenvalue weighted by Crippen LogP contribution is -2.39. The van der Waals surface area contributed by atoms with Crippen LogP contribution in [0.15, 0.2) is 42.6 Å². The first-order valence-electron chi connectivity index (χ1n) is 11.4. The van der Waals surface area contributed by atoms with Crippen LogP contribution >= 0.6 is 11.3 Å². The maximum atomic E-state index is 13.4. The van der Waals surface area contributed by atoms with Gasteiger partial charge in [-0.3, -0.25) is 9.59 Å². The number of carbonyl (C=O) groups excluding carboxylic acids is 2. The fourth-order valence-electron chi connectivity index (χ4n) is 4.09. The maximum absolute atomic E-state index is 13.4. The van der Waals surface area contributed by atoms with Crippen molar-refractivity contribution in [1.29, 1.82) is 0 Å². The Morgan fingerprint density at radius 2 is 1.78 bits per heavy atom. The lowest BCUT2D eigenvalue weighted by Gasteiger charge is -2.33. The van der Waals surface area contributed by atoms with Crippen LogP contribution in [0, 0.1) is 11.7 Å². The molecule has 1 aliphatic rings. The second-order valence-electron chi connectivity index (χ2n) is 8.67. The normalized spacial score (nSPS) is 15.4. The lowest BCUT2D eigenvalue weighted by molar-refractivity contribution is -0.179. The number of piperidine rings is 1. The van der Waals surface area contributed by atoms with E-state index in [0.717, 1.165) is 11.3 Å². The lowest BCUT2D eigenvalue weighted by atomic mass is 9.96. The van der Waals surface area contributed by atoms with Gasteiger partial charge in [0.1, 0.15) is 28.4 Å². The number of halogens is 4. The minimum absolute atomic E-state index is 0.0136. The third-order valence-electron chi connectivity index (χ3n) is 6.25. The third kappa shape index (κ3) is 5.66. The van der Waals surface area contributed by atoms with Gasteiger partial charge in [0.15, 0.2) is 5.13 Å². The molecule has 1 amide bonds. The number of hydrogen-bond donors (Lipinski definition) is 2. The second kappa shape index (κ2) is 10.3. The SMILES string of the molecule is C[C@H](C(N)=O)N(c1ccc(F)cc1)c1nc(N)c(C(=O)c2ccc(N3CCC(C(F)(F)F)CC3)nc2)s1. The number of hydrogen-bond acceptors (Lipinski definition) is 8. The summed E-state index contributed by atoms with van der Waals surface area (Å²) in [6, 6.07) is 7.58. The molecule has 4 N–H and O–H groups in total. The molecule has 0 aliphatic carbocycles. The van der Waals surface area contributed by atoms with Crippen LogP contribution in [0.2, 0.25) is 0 Å². The number of alkyl halides is 3. The highest BCUT2D eigenvalue weighted by atomic mass is 32.1. The summed E-state index contributed by atoms with van der Waals surface area (Å²) in [5.41, 5.74) is 12.2. The van der Waals surface area contributed by atoms with Gasteiger partial charge >= 0.3 is 6.18 Å². The summed E-state index contributed by atoms with van der Waals surface area (Å²) in [7, 11) is 0. The molecule has 3 heterocycles. The van der Waals surface area contributed by atoms with Crippen LogP contribution in [0.1, 0.15) is 35.0 Å². The molecule has 196 valence electrons. The average Bonchev–Trinajstić information content (AvgIpc) is 3.25. The van der Waals surface area contributed by atoms with Gasteiger partial charge in [-0.05, 0) is 56.2 Å². The van der Waals surface area contributed by atoms with Crippen molar-refractivity contribution in [1.82, 2.24) is 9.97 Å². The van der Waals surface area contributed by atoms with Crippen LogP contribution in [0.25, 0.3) is 0 Å². The van der Waals surface area contributed by atoms with E-state index in [-0.39, 0.29) is 47.3 Å². The molecular formula is C24H24F4N6O2S. The molecule has 1 aromatic carbocycles. The Kier molecular flexibility index (Phi) is 7.35. The largest absolute Gasteiger partial charge is 0.391 e. The number of ketones is 1. The topological polar surface area (TPSA) is 118 Å². The van der Waals surface area contributed by atoms with Gasteiger partial charge in [-0.25, -0.2) is 14.4 Å². The highest BCUT2D eigenvalue weighted by molar-refractivity contribution is 7.18. The Balaban J connectivity index is 1.54. The zero-order valence-electron chi connectivity index (χ0n) is 19.7. The number of carbonyl (C=O) groups is 2. The molecule has 13 heteroatoms. The van der Waals surface area contributed by atoms with Crippen molar-refractivity contribution in [2.24, 2.45) is 11.7 Å². The Morgan fingerprint density at radius 1 is 1.14 bits per heavy atom. The van der Waals surface area contributed by atoms with E-state index in [1.165, 1.54) is 41.4 Å². The Hall–Kier alpha value is -3.74. The minimum Gasteiger partial charge on any atom is -0.382 e.